The number of hydrogen-bond donors (Lipinski definition) is 0. The van der Waals surface area contributed by atoms with Gasteiger partial charge in [0.05, 0.1) is 7.11 Å². The van der Waals surface area contributed by atoms with Gasteiger partial charge in [-0.25, -0.2) is 0 Å². The molecule has 0 spiro atoms. The minimum Gasteiger partial charge on any atom is -0.460 e. The molecule has 1 rings (SSSR count). The number of carbonyl (C=O) groups excluding carboxylic acids is 1. The average molecular weight is 297 g/mol. The maximum absolute atomic E-state index is 12.1. The molecule has 20 heavy (non-hydrogen) atoms. The summed E-state index contributed by atoms with van der Waals surface area (Å²) in [5, 5.41) is 0. The summed E-state index contributed by atoms with van der Waals surface area (Å²) in [6.07, 6.45) is 0.871. The molecule has 0 aliphatic carbocycles. The Kier molecular flexibility index (Phi) is 7.42. The Morgan fingerprint density at radius 1 is 1.25 bits per heavy atom. The van der Waals surface area contributed by atoms with Crippen LogP contribution in [-0.2, 0) is 25.2 Å². The van der Waals surface area contributed by atoms with Crippen molar-refractivity contribution < 1.29 is 18.6 Å². The molecule has 1 aromatic carbocycles. The quantitative estimate of drug-likeness (QED) is 0.541. The summed E-state index contributed by atoms with van der Waals surface area (Å²) >= 11 is 0. The predicted octanol–water partition coefficient (Wildman–Crippen LogP) is 3.78. The number of ether oxygens (including phenoxy) is 1. The lowest BCUT2D eigenvalue weighted by Gasteiger charge is -2.13. The van der Waals surface area contributed by atoms with Gasteiger partial charge in [0.15, 0.2) is 6.16 Å². The van der Waals surface area contributed by atoms with Gasteiger partial charge in [-0.15, -0.1) is 4.52 Å². The van der Waals surface area contributed by atoms with Gasteiger partial charge in [0.1, 0.15) is 12.5 Å². The first-order valence-electron chi connectivity index (χ1n) is 6.72. The Bertz CT molecular complexity index is 431. The molecule has 0 radical (unpaired) electrons. The Hall–Kier alpha value is -1.25. The van der Waals surface area contributed by atoms with Crippen LogP contribution in [-0.4, -0.2) is 19.2 Å². The highest BCUT2D eigenvalue weighted by Gasteiger charge is 2.31. The van der Waals surface area contributed by atoms with Crippen molar-refractivity contribution in [1.29, 1.82) is 0 Å². The highest BCUT2D eigenvalue weighted by molar-refractivity contribution is 7.39. The number of rotatable bonds is 8. The van der Waals surface area contributed by atoms with Gasteiger partial charge in [0.25, 0.3) is 0 Å². The van der Waals surface area contributed by atoms with E-state index in [1.807, 2.05) is 44.2 Å². The van der Waals surface area contributed by atoms with Gasteiger partial charge in [0.2, 0.25) is 0 Å². The van der Waals surface area contributed by atoms with E-state index in [9.17, 15) is 9.36 Å². The standard InChI is InChI=1S/C15H22O4P/c1-12(2)9-14(11-20(17)18-3)15(16)19-10-13-7-5-4-6-8-13/h4-8,12,14H,9-11H2,1-3H3/q+1. The topological polar surface area (TPSA) is 52.6 Å². The molecule has 4 nitrogen and oxygen atoms in total. The molecule has 0 amide bonds. The minimum absolute atomic E-state index is 0.220. The van der Waals surface area contributed by atoms with Gasteiger partial charge in [-0.2, -0.15) is 0 Å². The molecule has 1 aromatic rings. The summed E-state index contributed by atoms with van der Waals surface area (Å²) in [6.45, 7) is 4.30. The fourth-order valence-corrected chi connectivity index (χ4v) is 2.72. The van der Waals surface area contributed by atoms with Crippen LogP contribution in [0, 0.1) is 11.8 Å². The largest absolute Gasteiger partial charge is 0.508 e. The van der Waals surface area contributed by atoms with Crippen LogP contribution in [0.3, 0.4) is 0 Å². The lowest BCUT2D eigenvalue weighted by molar-refractivity contribution is -0.149. The summed E-state index contributed by atoms with van der Waals surface area (Å²) in [4.78, 5) is 12.1. The van der Waals surface area contributed by atoms with E-state index in [1.54, 1.807) is 0 Å². The Balaban J connectivity index is 2.56. The Morgan fingerprint density at radius 2 is 1.90 bits per heavy atom. The SMILES string of the molecule is CO[P+](=O)CC(CC(C)C)C(=O)OCc1ccccc1. The molecule has 110 valence electrons. The van der Waals surface area contributed by atoms with Crippen molar-refractivity contribution in [2.75, 3.05) is 13.3 Å². The monoisotopic (exact) mass is 297 g/mol. The fraction of sp³-hybridized carbons (Fsp3) is 0.533. The Labute approximate surface area is 121 Å². The van der Waals surface area contributed by atoms with Crippen LogP contribution in [0.25, 0.3) is 0 Å². The summed E-state index contributed by atoms with van der Waals surface area (Å²) in [5.74, 6) is -0.338. The van der Waals surface area contributed by atoms with Gasteiger partial charge >= 0.3 is 14.0 Å². The lowest BCUT2D eigenvalue weighted by Crippen LogP contribution is -2.22. The van der Waals surface area contributed by atoms with E-state index in [0.29, 0.717) is 12.3 Å². The molecular formula is C15H22O4P+. The highest BCUT2D eigenvalue weighted by Crippen LogP contribution is 2.28. The fourth-order valence-electron chi connectivity index (χ4n) is 1.92. The molecule has 0 aromatic heterocycles. The van der Waals surface area contributed by atoms with E-state index in [4.69, 9.17) is 9.26 Å². The lowest BCUT2D eigenvalue weighted by atomic mass is 9.99. The van der Waals surface area contributed by atoms with Crippen LogP contribution in [0.5, 0.6) is 0 Å². The predicted molar refractivity (Wildman–Crippen MR) is 78.7 cm³/mol. The smallest absolute Gasteiger partial charge is 0.460 e. The van der Waals surface area contributed by atoms with E-state index in [2.05, 4.69) is 0 Å². The molecule has 0 heterocycles. The minimum atomic E-state index is -1.80. The third-order valence-electron chi connectivity index (χ3n) is 2.89. The van der Waals surface area contributed by atoms with Crippen molar-refractivity contribution in [3.63, 3.8) is 0 Å². The molecule has 2 unspecified atom stereocenters. The molecule has 0 aliphatic rings. The van der Waals surface area contributed by atoms with Crippen molar-refractivity contribution in [3.8, 4) is 0 Å². The van der Waals surface area contributed by atoms with E-state index in [1.165, 1.54) is 7.11 Å². The summed E-state index contributed by atoms with van der Waals surface area (Å²) in [7, 11) is -0.407. The van der Waals surface area contributed by atoms with Crippen LogP contribution in [0.15, 0.2) is 30.3 Å². The third kappa shape index (κ3) is 6.27. The number of carbonyl (C=O) groups is 1. The second kappa shape index (κ2) is 8.83. The first kappa shape index (κ1) is 16.8. The van der Waals surface area contributed by atoms with Crippen LogP contribution >= 0.6 is 8.03 Å². The molecular weight excluding hydrogens is 275 g/mol. The zero-order valence-corrected chi connectivity index (χ0v) is 13.1. The summed E-state index contributed by atoms with van der Waals surface area (Å²) in [6, 6.07) is 9.52. The molecule has 5 heteroatoms. The molecule has 0 saturated carbocycles. The second-order valence-electron chi connectivity index (χ2n) is 5.12. The van der Waals surface area contributed by atoms with Crippen LogP contribution < -0.4 is 0 Å². The van der Waals surface area contributed by atoms with Gasteiger partial charge in [-0.1, -0.05) is 44.2 Å². The van der Waals surface area contributed by atoms with E-state index in [0.717, 1.165) is 5.56 Å². The highest BCUT2D eigenvalue weighted by atomic mass is 31.1. The van der Waals surface area contributed by atoms with Crippen molar-refractivity contribution in [3.05, 3.63) is 35.9 Å². The van der Waals surface area contributed by atoms with Crippen LogP contribution in [0.2, 0.25) is 0 Å². The van der Waals surface area contributed by atoms with Gasteiger partial charge in [-0.05, 0) is 22.5 Å². The van der Waals surface area contributed by atoms with Crippen molar-refractivity contribution in [2.24, 2.45) is 11.8 Å². The van der Waals surface area contributed by atoms with Crippen molar-refractivity contribution in [1.82, 2.24) is 0 Å². The second-order valence-corrected chi connectivity index (χ2v) is 6.51. The maximum Gasteiger partial charge on any atom is 0.508 e. The molecule has 2 atom stereocenters. The van der Waals surface area contributed by atoms with Gasteiger partial charge in [0, 0.05) is 0 Å². The van der Waals surface area contributed by atoms with E-state index in [-0.39, 0.29) is 24.7 Å². The Morgan fingerprint density at radius 3 is 2.45 bits per heavy atom. The first-order valence-corrected chi connectivity index (χ1v) is 8.08. The van der Waals surface area contributed by atoms with Crippen LogP contribution in [0.1, 0.15) is 25.8 Å². The molecule has 0 N–H and O–H groups in total. The molecule has 0 aliphatic heterocycles. The molecule has 0 fully saturated rings. The van der Waals surface area contributed by atoms with E-state index >= 15 is 0 Å². The van der Waals surface area contributed by atoms with Gasteiger partial charge in [-0.3, -0.25) is 4.79 Å². The average Bonchev–Trinajstić information content (AvgIpc) is 2.44. The number of benzene rings is 1. The summed E-state index contributed by atoms with van der Waals surface area (Å²) in [5.41, 5.74) is 0.945. The zero-order valence-electron chi connectivity index (χ0n) is 12.2. The zero-order chi connectivity index (χ0) is 15.0. The molecule has 0 bridgehead atoms. The number of hydrogen-bond acceptors (Lipinski definition) is 4. The van der Waals surface area contributed by atoms with Crippen molar-refractivity contribution >= 4 is 14.0 Å². The summed E-state index contributed by atoms with van der Waals surface area (Å²) < 4.78 is 21.6. The number of esters is 1. The third-order valence-corrected chi connectivity index (χ3v) is 4.03. The first-order chi connectivity index (χ1) is 9.52. The van der Waals surface area contributed by atoms with Crippen molar-refractivity contribution in [2.45, 2.75) is 26.9 Å². The van der Waals surface area contributed by atoms with Gasteiger partial charge < -0.3 is 4.74 Å². The maximum atomic E-state index is 12.1. The molecule has 0 saturated heterocycles. The van der Waals surface area contributed by atoms with E-state index < -0.39 is 8.03 Å². The normalized spacial score (nSPS) is 13.1. The van der Waals surface area contributed by atoms with Crippen LogP contribution in [0.4, 0.5) is 0 Å².